The Balaban J connectivity index is 3.93. The average molecular weight is 209 g/mol. The highest BCUT2D eigenvalue weighted by Gasteiger charge is 2.10. The number of urea groups is 1. The average Bonchev–Trinajstić information content (AvgIpc) is 2.25. The molecule has 3 nitrogen and oxygen atoms in total. The van der Waals surface area contributed by atoms with Crippen LogP contribution in [0.3, 0.4) is 0 Å². The van der Waals surface area contributed by atoms with E-state index in [1.54, 1.807) is 17.1 Å². The number of rotatable bonds is 8. The van der Waals surface area contributed by atoms with Crippen LogP contribution in [0.5, 0.6) is 0 Å². The summed E-state index contributed by atoms with van der Waals surface area (Å²) in [6, 6.07) is -0.161. The van der Waals surface area contributed by atoms with Crippen molar-refractivity contribution in [1.29, 1.82) is 0 Å². The maximum absolute atomic E-state index is 11.5. The summed E-state index contributed by atoms with van der Waals surface area (Å²) in [5.74, 6) is 0. The zero-order valence-electron chi connectivity index (χ0n) is 9.61. The molecule has 0 rings (SSSR count). The molecule has 85 valence electrons. The van der Waals surface area contributed by atoms with Crippen LogP contribution in [0.2, 0.25) is 0 Å². The lowest BCUT2D eigenvalue weighted by Gasteiger charge is -2.19. The smallest absolute Gasteiger partial charge is 0.319 e. The Bertz CT molecular complexity index is 202. The van der Waals surface area contributed by atoms with E-state index in [2.05, 4.69) is 25.4 Å². The van der Waals surface area contributed by atoms with E-state index in [1.165, 1.54) is 0 Å². The molecule has 0 bridgehead atoms. The minimum absolute atomic E-state index is 0.161. The lowest BCUT2D eigenvalue weighted by molar-refractivity contribution is 0.202. The molecule has 0 aliphatic rings. The molecule has 0 N–H and O–H groups in total. The first-order chi connectivity index (χ1) is 7.26. The number of hydrogen-bond donors (Lipinski definition) is 0. The van der Waals surface area contributed by atoms with E-state index in [0.717, 1.165) is 25.8 Å². The van der Waals surface area contributed by atoms with Crippen LogP contribution in [0.25, 0.3) is 0 Å². The van der Waals surface area contributed by atoms with Crippen LogP contribution in [-0.2, 0) is 0 Å². The van der Waals surface area contributed by atoms with Crippen molar-refractivity contribution in [2.24, 2.45) is 0 Å². The van der Waals surface area contributed by atoms with Crippen LogP contribution in [0.1, 0.15) is 26.2 Å². The van der Waals surface area contributed by atoms with Crippen LogP contribution in [0.4, 0.5) is 4.79 Å². The Morgan fingerprint density at radius 1 is 1.33 bits per heavy atom. The fourth-order valence-corrected chi connectivity index (χ4v) is 1.22. The van der Waals surface area contributed by atoms with Gasteiger partial charge in [-0.15, -0.1) is 13.2 Å². The van der Waals surface area contributed by atoms with Gasteiger partial charge in [-0.05, 0) is 6.42 Å². The van der Waals surface area contributed by atoms with Crippen LogP contribution >= 0.6 is 0 Å². The van der Waals surface area contributed by atoms with E-state index < -0.39 is 0 Å². The van der Waals surface area contributed by atoms with Crippen LogP contribution in [-0.4, -0.2) is 30.6 Å². The van der Waals surface area contributed by atoms with Gasteiger partial charge in [0.15, 0.2) is 0 Å². The van der Waals surface area contributed by atoms with E-state index in [9.17, 15) is 4.79 Å². The summed E-state index contributed by atoms with van der Waals surface area (Å²) in [7, 11) is 0. The summed E-state index contributed by atoms with van der Waals surface area (Å²) in [6.07, 6.45) is 6.67. The third-order valence-corrected chi connectivity index (χ3v) is 2.01. The van der Waals surface area contributed by atoms with Crippen LogP contribution < -0.4 is 5.32 Å². The van der Waals surface area contributed by atoms with E-state index in [4.69, 9.17) is 0 Å². The molecule has 0 aromatic heterocycles. The predicted molar refractivity (Wildman–Crippen MR) is 63.9 cm³/mol. The summed E-state index contributed by atoms with van der Waals surface area (Å²) in [5, 5.41) is 3.86. The van der Waals surface area contributed by atoms with Crippen molar-refractivity contribution >= 4 is 6.03 Å². The maximum Gasteiger partial charge on any atom is 0.339 e. The monoisotopic (exact) mass is 209 g/mol. The summed E-state index contributed by atoms with van der Waals surface area (Å²) in [5.41, 5.74) is 0. The van der Waals surface area contributed by atoms with Crippen molar-refractivity contribution in [3.05, 3.63) is 25.3 Å². The number of carbonyl (C=O) groups excluding carboxylic acids is 1. The highest BCUT2D eigenvalue weighted by molar-refractivity contribution is 5.74. The standard InChI is InChI=1S/C12H21N2O/c1-4-7-8-11-14(10-6-3)12(15)13-9-5-2/h5-6H,2-4,7-11H2,1H3. The van der Waals surface area contributed by atoms with E-state index in [0.29, 0.717) is 13.1 Å². The molecule has 0 aromatic rings. The zero-order chi connectivity index (χ0) is 11.5. The SMILES string of the molecule is C=CC[N]C(=O)N(CC=C)CCCCC. The summed E-state index contributed by atoms with van der Waals surface area (Å²) >= 11 is 0. The number of nitrogens with zero attached hydrogens (tertiary/aromatic N) is 2. The third-order valence-electron chi connectivity index (χ3n) is 2.01. The highest BCUT2D eigenvalue weighted by atomic mass is 16.2. The molecule has 0 aromatic carbocycles. The summed E-state index contributed by atoms with van der Waals surface area (Å²) in [6.45, 7) is 11.0. The Morgan fingerprint density at radius 3 is 2.60 bits per heavy atom. The second kappa shape index (κ2) is 9.31. The van der Waals surface area contributed by atoms with Gasteiger partial charge in [-0.3, -0.25) is 0 Å². The normalized spacial score (nSPS) is 9.40. The highest BCUT2D eigenvalue weighted by Crippen LogP contribution is 1.99. The minimum Gasteiger partial charge on any atom is -0.319 e. The molecule has 0 spiro atoms. The molecule has 0 fully saturated rings. The van der Waals surface area contributed by atoms with Crippen molar-refractivity contribution in [2.75, 3.05) is 19.6 Å². The van der Waals surface area contributed by atoms with Crippen molar-refractivity contribution in [1.82, 2.24) is 10.2 Å². The first-order valence-electron chi connectivity index (χ1n) is 5.44. The molecule has 0 saturated carbocycles. The van der Waals surface area contributed by atoms with Gasteiger partial charge in [0.25, 0.3) is 0 Å². The topological polar surface area (TPSA) is 34.4 Å². The van der Waals surface area contributed by atoms with Crippen molar-refractivity contribution in [3.63, 3.8) is 0 Å². The Kier molecular flexibility index (Phi) is 8.53. The lowest BCUT2D eigenvalue weighted by atomic mass is 10.2. The first kappa shape index (κ1) is 13.8. The fraction of sp³-hybridized carbons (Fsp3) is 0.583. The molecule has 1 radical (unpaired) electrons. The fourth-order valence-electron chi connectivity index (χ4n) is 1.22. The quantitative estimate of drug-likeness (QED) is 0.447. The third kappa shape index (κ3) is 6.77. The number of carbonyl (C=O) groups is 1. The van der Waals surface area contributed by atoms with Crippen LogP contribution in [0, 0.1) is 0 Å². The molecule has 3 heteroatoms. The molecule has 15 heavy (non-hydrogen) atoms. The molecule has 0 aliphatic heterocycles. The second-order valence-corrected chi connectivity index (χ2v) is 3.35. The Morgan fingerprint density at radius 2 is 2.07 bits per heavy atom. The second-order valence-electron chi connectivity index (χ2n) is 3.35. The van der Waals surface area contributed by atoms with Gasteiger partial charge in [0.05, 0.1) is 6.54 Å². The number of unbranched alkanes of at least 4 members (excludes halogenated alkanes) is 2. The van der Waals surface area contributed by atoms with E-state index in [1.807, 2.05) is 0 Å². The van der Waals surface area contributed by atoms with E-state index in [-0.39, 0.29) is 6.03 Å². The lowest BCUT2D eigenvalue weighted by Crippen LogP contribution is -2.37. The van der Waals surface area contributed by atoms with E-state index >= 15 is 0 Å². The summed E-state index contributed by atoms with van der Waals surface area (Å²) in [4.78, 5) is 13.3. The van der Waals surface area contributed by atoms with Crippen LogP contribution in [0.15, 0.2) is 25.3 Å². The maximum atomic E-state index is 11.5. The molecule has 0 atom stereocenters. The summed E-state index contributed by atoms with van der Waals surface area (Å²) < 4.78 is 0. The zero-order valence-corrected chi connectivity index (χ0v) is 9.61. The number of amides is 2. The molecule has 2 amide bonds. The molecule has 0 unspecified atom stereocenters. The van der Waals surface area contributed by atoms with Gasteiger partial charge in [-0.1, -0.05) is 31.9 Å². The van der Waals surface area contributed by atoms with Gasteiger partial charge >= 0.3 is 6.03 Å². The van der Waals surface area contributed by atoms with Gasteiger partial charge in [-0.25, -0.2) is 10.1 Å². The Labute approximate surface area is 92.8 Å². The predicted octanol–water partition coefficient (Wildman–Crippen LogP) is 2.58. The van der Waals surface area contributed by atoms with Crippen molar-refractivity contribution < 1.29 is 4.79 Å². The molecule has 0 saturated heterocycles. The van der Waals surface area contributed by atoms with Gasteiger partial charge in [0, 0.05) is 13.1 Å². The van der Waals surface area contributed by atoms with Gasteiger partial charge in [-0.2, -0.15) is 0 Å². The largest absolute Gasteiger partial charge is 0.339 e. The van der Waals surface area contributed by atoms with Gasteiger partial charge in [0.1, 0.15) is 0 Å². The van der Waals surface area contributed by atoms with Gasteiger partial charge in [0.2, 0.25) is 0 Å². The van der Waals surface area contributed by atoms with Crippen molar-refractivity contribution in [2.45, 2.75) is 26.2 Å². The molecular weight excluding hydrogens is 188 g/mol. The first-order valence-corrected chi connectivity index (χ1v) is 5.44. The van der Waals surface area contributed by atoms with Gasteiger partial charge < -0.3 is 4.90 Å². The van der Waals surface area contributed by atoms with Crippen molar-refractivity contribution in [3.8, 4) is 0 Å². The Hall–Kier alpha value is -1.25. The number of hydrogen-bond acceptors (Lipinski definition) is 1. The molecule has 0 aliphatic carbocycles. The minimum atomic E-state index is -0.161. The molecular formula is C12H21N2O. The molecule has 0 heterocycles.